The average molecular weight is 230 g/mol. The summed E-state index contributed by atoms with van der Waals surface area (Å²) >= 11 is 1.93. The van der Waals surface area contributed by atoms with Crippen LogP contribution in [0.5, 0.6) is 0 Å². The second-order valence-electron chi connectivity index (χ2n) is 3.97. The minimum absolute atomic E-state index is 0.0142. The normalized spacial score (nSPS) is 18.9. The maximum atomic E-state index is 11.9. The number of nitrogens with one attached hydrogen (secondary N) is 1. The SMILES string of the molecule is CCCCN[C@@H](C)C(=O)N1CCSCC1. The Morgan fingerprint density at radius 1 is 1.47 bits per heavy atom. The molecule has 88 valence electrons. The Labute approximate surface area is 97.0 Å². The molecule has 0 aromatic carbocycles. The minimum atomic E-state index is -0.0142. The first kappa shape index (κ1) is 12.8. The van der Waals surface area contributed by atoms with E-state index in [2.05, 4.69) is 12.2 Å². The molecule has 1 aliphatic heterocycles. The van der Waals surface area contributed by atoms with Crippen LogP contribution in [0, 0.1) is 0 Å². The Balaban J connectivity index is 2.24. The van der Waals surface area contributed by atoms with Gasteiger partial charge in [-0.15, -0.1) is 0 Å². The van der Waals surface area contributed by atoms with Crippen molar-refractivity contribution in [2.24, 2.45) is 0 Å². The van der Waals surface area contributed by atoms with Gasteiger partial charge >= 0.3 is 0 Å². The van der Waals surface area contributed by atoms with Crippen LogP contribution < -0.4 is 5.32 Å². The quantitative estimate of drug-likeness (QED) is 0.723. The van der Waals surface area contributed by atoms with Crippen LogP contribution in [0.3, 0.4) is 0 Å². The van der Waals surface area contributed by atoms with E-state index in [1.165, 1.54) is 6.42 Å². The first-order chi connectivity index (χ1) is 7.25. The molecule has 4 heteroatoms. The lowest BCUT2D eigenvalue weighted by molar-refractivity contribution is -0.132. The fourth-order valence-corrected chi connectivity index (χ4v) is 2.54. The number of hydrogen-bond acceptors (Lipinski definition) is 3. The molecule has 1 atom stereocenters. The van der Waals surface area contributed by atoms with Crippen LogP contribution >= 0.6 is 11.8 Å². The number of hydrogen-bond donors (Lipinski definition) is 1. The lowest BCUT2D eigenvalue weighted by Gasteiger charge is -2.29. The molecule has 0 saturated carbocycles. The first-order valence-corrected chi connectivity index (χ1v) is 7.01. The van der Waals surface area contributed by atoms with Crippen LogP contribution in [0.4, 0.5) is 0 Å². The zero-order valence-corrected chi connectivity index (χ0v) is 10.6. The molecular formula is C11H22N2OS. The van der Waals surface area contributed by atoms with E-state index in [9.17, 15) is 4.79 Å². The summed E-state index contributed by atoms with van der Waals surface area (Å²) in [7, 11) is 0. The van der Waals surface area contributed by atoms with Gasteiger partial charge < -0.3 is 10.2 Å². The van der Waals surface area contributed by atoms with E-state index < -0.39 is 0 Å². The highest BCUT2D eigenvalue weighted by Gasteiger charge is 2.21. The van der Waals surface area contributed by atoms with Crippen molar-refractivity contribution in [3.8, 4) is 0 Å². The number of nitrogens with zero attached hydrogens (tertiary/aromatic N) is 1. The van der Waals surface area contributed by atoms with Gasteiger partial charge in [0, 0.05) is 24.6 Å². The van der Waals surface area contributed by atoms with E-state index in [1.807, 2.05) is 23.6 Å². The predicted molar refractivity (Wildman–Crippen MR) is 66.3 cm³/mol. The molecule has 0 aromatic heterocycles. The van der Waals surface area contributed by atoms with E-state index in [4.69, 9.17) is 0 Å². The van der Waals surface area contributed by atoms with Crippen molar-refractivity contribution in [3.05, 3.63) is 0 Å². The summed E-state index contributed by atoms with van der Waals surface area (Å²) < 4.78 is 0. The summed E-state index contributed by atoms with van der Waals surface area (Å²) in [5, 5.41) is 3.28. The second-order valence-corrected chi connectivity index (χ2v) is 5.19. The second kappa shape index (κ2) is 7.12. The van der Waals surface area contributed by atoms with Crippen LogP contribution in [0.2, 0.25) is 0 Å². The van der Waals surface area contributed by atoms with E-state index in [1.54, 1.807) is 0 Å². The fraction of sp³-hybridized carbons (Fsp3) is 0.909. The van der Waals surface area contributed by atoms with E-state index in [0.29, 0.717) is 0 Å². The monoisotopic (exact) mass is 230 g/mol. The Hall–Kier alpha value is -0.220. The molecule has 0 unspecified atom stereocenters. The molecule has 1 rings (SSSR count). The van der Waals surface area contributed by atoms with Crippen molar-refractivity contribution < 1.29 is 4.79 Å². The van der Waals surface area contributed by atoms with Crippen LogP contribution in [0.25, 0.3) is 0 Å². The van der Waals surface area contributed by atoms with E-state index in [0.717, 1.165) is 37.6 Å². The van der Waals surface area contributed by atoms with Crippen molar-refractivity contribution >= 4 is 17.7 Å². The Morgan fingerprint density at radius 3 is 2.73 bits per heavy atom. The summed E-state index contributed by atoms with van der Waals surface area (Å²) in [6, 6.07) is -0.0142. The molecule has 15 heavy (non-hydrogen) atoms. The van der Waals surface area contributed by atoms with Gasteiger partial charge in [-0.2, -0.15) is 11.8 Å². The molecule has 1 amide bonds. The molecule has 0 aliphatic carbocycles. The third kappa shape index (κ3) is 4.43. The van der Waals surface area contributed by atoms with Crippen LogP contribution in [-0.2, 0) is 4.79 Å². The van der Waals surface area contributed by atoms with E-state index >= 15 is 0 Å². The highest BCUT2D eigenvalue weighted by Crippen LogP contribution is 2.10. The molecule has 0 spiro atoms. The fourth-order valence-electron chi connectivity index (χ4n) is 1.64. The maximum Gasteiger partial charge on any atom is 0.239 e. The summed E-state index contributed by atoms with van der Waals surface area (Å²) in [6.07, 6.45) is 2.32. The molecule has 1 aliphatic rings. The highest BCUT2D eigenvalue weighted by atomic mass is 32.2. The smallest absolute Gasteiger partial charge is 0.239 e. The number of carbonyl (C=O) groups is 1. The average Bonchev–Trinajstić information content (AvgIpc) is 2.29. The lowest BCUT2D eigenvalue weighted by Crippen LogP contribution is -2.48. The van der Waals surface area contributed by atoms with Gasteiger partial charge in [0.25, 0.3) is 0 Å². The topological polar surface area (TPSA) is 32.3 Å². The summed E-state index contributed by atoms with van der Waals surface area (Å²) in [5.41, 5.74) is 0. The number of amides is 1. The van der Waals surface area contributed by atoms with Gasteiger partial charge in [0.15, 0.2) is 0 Å². The Bertz CT molecular complexity index is 193. The largest absolute Gasteiger partial charge is 0.340 e. The van der Waals surface area contributed by atoms with Gasteiger partial charge in [0.2, 0.25) is 5.91 Å². The van der Waals surface area contributed by atoms with Crippen molar-refractivity contribution in [2.45, 2.75) is 32.7 Å². The van der Waals surface area contributed by atoms with Gasteiger partial charge in [0.05, 0.1) is 6.04 Å². The standard InChI is InChI=1S/C11H22N2OS/c1-3-4-5-12-10(2)11(14)13-6-8-15-9-7-13/h10,12H,3-9H2,1-2H3/t10-/m0/s1. The van der Waals surface area contributed by atoms with Gasteiger partial charge in [0.1, 0.15) is 0 Å². The number of carbonyl (C=O) groups excluding carboxylic acids is 1. The molecule has 0 bridgehead atoms. The Kier molecular flexibility index (Phi) is 6.10. The molecule has 1 saturated heterocycles. The van der Waals surface area contributed by atoms with Crippen molar-refractivity contribution in [1.29, 1.82) is 0 Å². The third-order valence-corrected chi connectivity index (χ3v) is 3.62. The molecule has 1 fully saturated rings. The van der Waals surface area contributed by atoms with Gasteiger partial charge in [-0.1, -0.05) is 13.3 Å². The molecule has 3 nitrogen and oxygen atoms in total. The zero-order chi connectivity index (χ0) is 11.1. The lowest BCUT2D eigenvalue weighted by atomic mass is 10.2. The van der Waals surface area contributed by atoms with Gasteiger partial charge in [-0.05, 0) is 19.9 Å². The summed E-state index contributed by atoms with van der Waals surface area (Å²) in [4.78, 5) is 13.9. The zero-order valence-electron chi connectivity index (χ0n) is 9.79. The van der Waals surface area contributed by atoms with Crippen molar-refractivity contribution in [2.75, 3.05) is 31.1 Å². The number of rotatable bonds is 5. The van der Waals surface area contributed by atoms with Crippen LogP contribution in [0.1, 0.15) is 26.7 Å². The highest BCUT2D eigenvalue weighted by molar-refractivity contribution is 7.99. The molecule has 0 aromatic rings. The number of unbranched alkanes of at least 4 members (excludes halogenated alkanes) is 1. The van der Waals surface area contributed by atoms with E-state index in [-0.39, 0.29) is 11.9 Å². The summed E-state index contributed by atoms with van der Waals surface area (Å²) in [5.74, 6) is 2.45. The van der Waals surface area contributed by atoms with Crippen LogP contribution in [0.15, 0.2) is 0 Å². The summed E-state index contributed by atoms with van der Waals surface area (Å²) in [6.45, 7) is 6.92. The van der Waals surface area contributed by atoms with Crippen molar-refractivity contribution in [1.82, 2.24) is 10.2 Å². The molecule has 1 N–H and O–H groups in total. The first-order valence-electron chi connectivity index (χ1n) is 5.85. The maximum absolute atomic E-state index is 11.9. The Morgan fingerprint density at radius 2 is 2.13 bits per heavy atom. The molecular weight excluding hydrogens is 208 g/mol. The number of thioether (sulfide) groups is 1. The van der Waals surface area contributed by atoms with Crippen LogP contribution in [-0.4, -0.2) is 48.0 Å². The molecule has 0 radical (unpaired) electrons. The minimum Gasteiger partial charge on any atom is -0.340 e. The van der Waals surface area contributed by atoms with Gasteiger partial charge in [-0.25, -0.2) is 0 Å². The molecule has 1 heterocycles. The predicted octanol–water partition coefficient (Wildman–Crippen LogP) is 1.34. The van der Waals surface area contributed by atoms with Crippen molar-refractivity contribution in [3.63, 3.8) is 0 Å². The van der Waals surface area contributed by atoms with Gasteiger partial charge in [-0.3, -0.25) is 4.79 Å². The third-order valence-electron chi connectivity index (χ3n) is 2.67.